The van der Waals surface area contributed by atoms with Crippen molar-refractivity contribution in [1.82, 2.24) is 9.97 Å². The Morgan fingerprint density at radius 2 is 2.16 bits per heavy atom. The fourth-order valence-electron chi connectivity index (χ4n) is 1.47. The van der Waals surface area contributed by atoms with Gasteiger partial charge in [-0.1, -0.05) is 6.07 Å². The van der Waals surface area contributed by atoms with E-state index in [1.807, 2.05) is 0 Å². The molecule has 0 fully saturated rings. The number of ether oxygens (including phenoxy) is 2. The van der Waals surface area contributed by atoms with Crippen molar-refractivity contribution in [2.45, 2.75) is 6.61 Å². The van der Waals surface area contributed by atoms with Crippen molar-refractivity contribution in [2.75, 3.05) is 7.11 Å². The summed E-state index contributed by atoms with van der Waals surface area (Å²) in [6, 6.07) is 8.43. The van der Waals surface area contributed by atoms with Crippen molar-refractivity contribution in [2.24, 2.45) is 0 Å². The third-order valence-corrected chi connectivity index (χ3v) is 2.34. The van der Waals surface area contributed by atoms with E-state index in [0.29, 0.717) is 11.6 Å². The topological polar surface area (TPSA) is 81.5 Å². The number of methoxy groups -OCH3 is 1. The van der Waals surface area contributed by atoms with Gasteiger partial charge in [0.2, 0.25) is 5.88 Å². The van der Waals surface area contributed by atoms with Gasteiger partial charge in [0.15, 0.2) is 11.4 Å². The number of rotatable bonds is 5. The summed E-state index contributed by atoms with van der Waals surface area (Å²) in [5.41, 5.74) is 0.518. The Morgan fingerprint density at radius 1 is 1.32 bits per heavy atom. The second-order valence-electron chi connectivity index (χ2n) is 3.62. The number of carboxylic acid groups (broad SMARTS) is 1. The van der Waals surface area contributed by atoms with Gasteiger partial charge in [-0.2, -0.15) is 0 Å². The number of aromatic nitrogens is 2. The summed E-state index contributed by atoms with van der Waals surface area (Å²) in [6.07, 6.45) is 1.40. The highest BCUT2D eigenvalue weighted by molar-refractivity contribution is 5.88. The van der Waals surface area contributed by atoms with Crippen molar-refractivity contribution in [3.8, 4) is 11.6 Å². The molecule has 0 saturated carbocycles. The average Bonchev–Trinajstić information content (AvgIpc) is 2.45. The summed E-state index contributed by atoms with van der Waals surface area (Å²) in [5, 5.41) is 8.97. The lowest BCUT2D eigenvalue weighted by atomic mass is 10.3. The summed E-state index contributed by atoms with van der Waals surface area (Å²) < 4.78 is 10.4. The molecule has 1 N–H and O–H groups in total. The van der Waals surface area contributed by atoms with Gasteiger partial charge in [0.05, 0.1) is 12.8 Å². The lowest BCUT2D eigenvalue weighted by Gasteiger charge is -2.08. The second-order valence-corrected chi connectivity index (χ2v) is 3.62. The Morgan fingerprint density at radius 3 is 2.89 bits per heavy atom. The van der Waals surface area contributed by atoms with Gasteiger partial charge in [0, 0.05) is 12.3 Å². The Hall–Kier alpha value is -2.63. The molecule has 98 valence electrons. The first kappa shape index (κ1) is 12.8. The SMILES string of the molecule is COc1cccc(COc2cccnc2C(=O)O)n1. The molecule has 0 aliphatic rings. The standard InChI is InChI=1S/C13H12N2O4/c1-18-11-6-2-4-9(15-11)8-19-10-5-3-7-14-12(10)13(16)17/h2-7H,8H2,1H3,(H,16,17). The maximum atomic E-state index is 11.0. The lowest BCUT2D eigenvalue weighted by Crippen LogP contribution is -2.06. The molecule has 0 aliphatic carbocycles. The largest absolute Gasteiger partial charge is 0.485 e. The molecule has 19 heavy (non-hydrogen) atoms. The fraction of sp³-hybridized carbons (Fsp3) is 0.154. The predicted octanol–water partition coefficient (Wildman–Crippen LogP) is 1.76. The minimum absolute atomic E-state index is 0.120. The van der Waals surface area contributed by atoms with E-state index in [9.17, 15) is 4.79 Å². The highest BCUT2D eigenvalue weighted by Gasteiger charge is 2.12. The number of aromatic carboxylic acids is 1. The zero-order valence-electron chi connectivity index (χ0n) is 10.2. The number of hydrogen-bond donors (Lipinski definition) is 1. The first-order valence-electron chi connectivity index (χ1n) is 5.51. The summed E-state index contributed by atoms with van der Waals surface area (Å²) in [6.45, 7) is 0.142. The smallest absolute Gasteiger partial charge is 0.358 e. The summed E-state index contributed by atoms with van der Waals surface area (Å²) in [7, 11) is 1.52. The molecule has 0 spiro atoms. The molecule has 0 aromatic carbocycles. The quantitative estimate of drug-likeness (QED) is 0.882. The molecule has 0 saturated heterocycles. The maximum absolute atomic E-state index is 11.0. The summed E-state index contributed by atoms with van der Waals surface area (Å²) >= 11 is 0. The van der Waals surface area contributed by atoms with Crippen molar-refractivity contribution in [1.29, 1.82) is 0 Å². The Balaban J connectivity index is 2.12. The zero-order chi connectivity index (χ0) is 13.7. The fourth-order valence-corrected chi connectivity index (χ4v) is 1.47. The highest BCUT2D eigenvalue weighted by atomic mass is 16.5. The average molecular weight is 260 g/mol. The summed E-state index contributed by atoms with van der Waals surface area (Å²) in [5.74, 6) is -0.445. The van der Waals surface area contributed by atoms with Crippen LogP contribution in [0.3, 0.4) is 0 Å². The van der Waals surface area contributed by atoms with Gasteiger partial charge in [-0.05, 0) is 18.2 Å². The van der Waals surface area contributed by atoms with Gasteiger partial charge in [-0.3, -0.25) is 0 Å². The molecular weight excluding hydrogens is 248 g/mol. The van der Waals surface area contributed by atoms with Crippen LogP contribution in [0.2, 0.25) is 0 Å². The van der Waals surface area contributed by atoms with Crippen molar-refractivity contribution in [3.05, 3.63) is 47.9 Å². The minimum atomic E-state index is -1.13. The van der Waals surface area contributed by atoms with Crippen LogP contribution in [0.15, 0.2) is 36.5 Å². The van der Waals surface area contributed by atoms with E-state index in [1.165, 1.54) is 13.3 Å². The summed E-state index contributed by atoms with van der Waals surface area (Å²) in [4.78, 5) is 18.9. The minimum Gasteiger partial charge on any atom is -0.485 e. The predicted molar refractivity (Wildman–Crippen MR) is 66.3 cm³/mol. The van der Waals surface area contributed by atoms with Crippen LogP contribution in [0.25, 0.3) is 0 Å². The molecule has 0 bridgehead atoms. The molecular formula is C13H12N2O4. The molecule has 0 radical (unpaired) electrons. The van der Waals surface area contributed by atoms with Crippen LogP contribution in [-0.2, 0) is 6.61 Å². The van der Waals surface area contributed by atoms with Gasteiger partial charge < -0.3 is 14.6 Å². The first-order chi connectivity index (χ1) is 9.20. The van der Waals surface area contributed by atoms with E-state index in [2.05, 4.69) is 9.97 Å². The molecule has 2 heterocycles. The molecule has 0 aliphatic heterocycles. The van der Waals surface area contributed by atoms with Crippen molar-refractivity contribution in [3.63, 3.8) is 0 Å². The Bertz CT molecular complexity index is 586. The van der Waals surface area contributed by atoms with Crippen LogP contribution in [0, 0.1) is 0 Å². The third kappa shape index (κ3) is 3.19. The van der Waals surface area contributed by atoms with Gasteiger partial charge in [-0.15, -0.1) is 0 Å². The zero-order valence-corrected chi connectivity index (χ0v) is 10.2. The number of pyridine rings is 2. The maximum Gasteiger partial charge on any atom is 0.358 e. The number of nitrogens with zero attached hydrogens (tertiary/aromatic N) is 2. The van der Waals surface area contributed by atoms with Crippen LogP contribution < -0.4 is 9.47 Å². The molecule has 6 nitrogen and oxygen atoms in total. The van der Waals surface area contributed by atoms with Gasteiger partial charge >= 0.3 is 5.97 Å². The lowest BCUT2D eigenvalue weighted by molar-refractivity contribution is 0.0684. The van der Waals surface area contributed by atoms with Gasteiger partial charge in [-0.25, -0.2) is 14.8 Å². The molecule has 2 rings (SSSR count). The second kappa shape index (κ2) is 5.81. The normalized spacial score (nSPS) is 9.95. The monoisotopic (exact) mass is 260 g/mol. The highest BCUT2D eigenvalue weighted by Crippen LogP contribution is 2.17. The Kier molecular flexibility index (Phi) is 3.92. The van der Waals surface area contributed by atoms with E-state index in [0.717, 1.165) is 0 Å². The van der Waals surface area contributed by atoms with E-state index in [4.69, 9.17) is 14.6 Å². The number of carboxylic acids is 1. The first-order valence-corrected chi connectivity index (χ1v) is 5.51. The van der Waals surface area contributed by atoms with E-state index >= 15 is 0 Å². The molecule has 2 aromatic heterocycles. The van der Waals surface area contributed by atoms with E-state index in [-0.39, 0.29) is 18.1 Å². The molecule has 0 amide bonds. The van der Waals surface area contributed by atoms with Crippen molar-refractivity contribution >= 4 is 5.97 Å². The molecule has 2 aromatic rings. The number of hydrogen-bond acceptors (Lipinski definition) is 5. The Labute approximate surface area is 109 Å². The van der Waals surface area contributed by atoms with Gasteiger partial charge in [0.25, 0.3) is 0 Å². The van der Waals surface area contributed by atoms with Crippen LogP contribution in [0.1, 0.15) is 16.2 Å². The van der Waals surface area contributed by atoms with Crippen LogP contribution in [0.5, 0.6) is 11.6 Å². The number of carbonyl (C=O) groups is 1. The third-order valence-electron chi connectivity index (χ3n) is 2.34. The molecule has 0 unspecified atom stereocenters. The van der Waals surface area contributed by atoms with Gasteiger partial charge in [0.1, 0.15) is 6.61 Å². The van der Waals surface area contributed by atoms with E-state index in [1.54, 1.807) is 30.3 Å². The van der Waals surface area contributed by atoms with Crippen LogP contribution in [-0.4, -0.2) is 28.2 Å². The molecule has 0 atom stereocenters. The van der Waals surface area contributed by atoms with Crippen LogP contribution >= 0.6 is 0 Å². The molecule has 6 heteroatoms. The van der Waals surface area contributed by atoms with Crippen molar-refractivity contribution < 1.29 is 19.4 Å². The van der Waals surface area contributed by atoms with Crippen LogP contribution in [0.4, 0.5) is 0 Å². The van der Waals surface area contributed by atoms with E-state index < -0.39 is 5.97 Å².